The minimum Gasteiger partial charge on any atom is -0.463 e. The van der Waals surface area contributed by atoms with Gasteiger partial charge in [0.15, 0.2) is 0 Å². The van der Waals surface area contributed by atoms with Gasteiger partial charge in [0.2, 0.25) is 0 Å². The van der Waals surface area contributed by atoms with Crippen LogP contribution in [0.1, 0.15) is 96.8 Å². The van der Waals surface area contributed by atoms with E-state index in [-0.39, 0.29) is 19.2 Å². The summed E-state index contributed by atoms with van der Waals surface area (Å²) >= 11 is 0. The van der Waals surface area contributed by atoms with Crippen molar-refractivity contribution in [2.75, 3.05) is 40.5 Å². The summed E-state index contributed by atoms with van der Waals surface area (Å²) in [5, 5.41) is 9.89. The number of unbranched alkanes of at least 4 members (excludes halogenated alkanes) is 12. The molecule has 0 aromatic rings. The summed E-state index contributed by atoms with van der Waals surface area (Å²) in [6.45, 7) is 2.94. The van der Waals surface area contributed by atoms with E-state index in [9.17, 15) is 14.8 Å². The van der Waals surface area contributed by atoms with E-state index < -0.39 is 13.7 Å². The predicted octanol–water partition coefficient (Wildman–Crippen LogP) is 5.51. The Hall–Kier alpha value is 0.130. The van der Waals surface area contributed by atoms with E-state index in [1.54, 1.807) is 0 Å². The number of esters is 1. The molecule has 0 aliphatic rings. The molecule has 0 saturated carbocycles. The van der Waals surface area contributed by atoms with Crippen LogP contribution in [0, 0.1) is 0 Å². The van der Waals surface area contributed by atoms with Crippen LogP contribution in [-0.4, -0.2) is 67.4 Å². The SMILES string of the molecule is CCCCCCCCCCCCCCCC(=O)OCC(O)CO[P+](O)(P)OCCN(C)C. The van der Waals surface area contributed by atoms with Crippen molar-refractivity contribution in [2.24, 2.45) is 0 Å². The second-order valence-corrected chi connectivity index (χ2v) is 12.4. The molecular formula is C23H50NO6P2+. The van der Waals surface area contributed by atoms with Crippen LogP contribution in [0.2, 0.25) is 0 Å². The van der Waals surface area contributed by atoms with Crippen molar-refractivity contribution >= 4 is 22.5 Å². The molecule has 32 heavy (non-hydrogen) atoms. The van der Waals surface area contributed by atoms with Gasteiger partial charge in [0.1, 0.15) is 34.9 Å². The minimum absolute atomic E-state index is 0.139. The molecule has 0 aliphatic carbocycles. The lowest BCUT2D eigenvalue weighted by Crippen LogP contribution is -2.24. The highest BCUT2D eigenvalue weighted by atomic mass is 32.1. The van der Waals surface area contributed by atoms with Gasteiger partial charge in [-0.1, -0.05) is 84.0 Å². The van der Waals surface area contributed by atoms with Gasteiger partial charge in [-0.15, -0.1) is 0 Å². The number of carbonyl (C=O) groups is 1. The second-order valence-electron chi connectivity index (χ2n) is 8.83. The molecule has 0 heterocycles. The van der Waals surface area contributed by atoms with E-state index in [1.807, 2.05) is 19.0 Å². The molecule has 0 spiro atoms. The lowest BCUT2D eigenvalue weighted by Gasteiger charge is -2.16. The van der Waals surface area contributed by atoms with E-state index in [2.05, 4.69) is 15.9 Å². The highest BCUT2D eigenvalue weighted by Crippen LogP contribution is 2.64. The van der Waals surface area contributed by atoms with Crippen molar-refractivity contribution < 1.29 is 28.6 Å². The number of hydrogen-bond acceptors (Lipinski definition) is 7. The Kier molecular flexibility index (Phi) is 21.7. The van der Waals surface area contributed by atoms with E-state index in [4.69, 9.17) is 13.8 Å². The first-order valence-corrected chi connectivity index (χ1v) is 15.6. The Labute approximate surface area is 199 Å². The van der Waals surface area contributed by atoms with Crippen LogP contribution in [0.25, 0.3) is 0 Å². The van der Waals surface area contributed by atoms with Gasteiger partial charge >= 0.3 is 13.6 Å². The lowest BCUT2D eigenvalue weighted by molar-refractivity contribution is -0.147. The second kappa shape index (κ2) is 21.6. The Morgan fingerprint density at radius 2 is 1.38 bits per heavy atom. The maximum Gasteiger partial charge on any atom is 0.419 e. The van der Waals surface area contributed by atoms with Crippen LogP contribution in [0.3, 0.4) is 0 Å². The van der Waals surface area contributed by atoms with Crippen LogP contribution in [0.15, 0.2) is 0 Å². The zero-order valence-corrected chi connectivity index (χ0v) is 22.9. The fraction of sp³-hybridized carbons (Fsp3) is 0.957. The van der Waals surface area contributed by atoms with Gasteiger partial charge < -0.3 is 14.7 Å². The van der Waals surface area contributed by atoms with Gasteiger partial charge in [-0.3, -0.25) is 4.79 Å². The molecule has 0 amide bonds. The summed E-state index contributed by atoms with van der Waals surface area (Å²) < 4.78 is 15.6. The fourth-order valence-electron chi connectivity index (χ4n) is 3.18. The van der Waals surface area contributed by atoms with Crippen LogP contribution >= 0.6 is 16.6 Å². The first kappa shape index (κ1) is 32.1. The van der Waals surface area contributed by atoms with E-state index in [1.165, 1.54) is 64.2 Å². The quantitative estimate of drug-likeness (QED) is 0.109. The third kappa shape index (κ3) is 23.3. The maximum atomic E-state index is 11.8. The number of aliphatic hydroxyl groups excluding tert-OH is 1. The van der Waals surface area contributed by atoms with Crippen molar-refractivity contribution in [3.63, 3.8) is 0 Å². The summed E-state index contributed by atoms with van der Waals surface area (Å²) in [7, 11) is 2.91. The molecule has 0 aromatic heterocycles. The van der Waals surface area contributed by atoms with Gasteiger partial charge in [-0.2, -0.15) is 13.9 Å². The smallest absolute Gasteiger partial charge is 0.419 e. The molecule has 0 fully saturated rings. The van der Waals surface area contributed by atoms with E-state index in [0.717, 1.165) is 19.3 Å². The number of aliphatic hydroxyl groups is 1. The largest absolute Gasteiger partial charge is 0.463 e. The van der Waals surface area contributed by atoms with Gasteiger partial charge in [-0.25, -0.2) is 0 Å². The van der Waals surface area contributed by atoms with Crippen LogP contribution < -0.4 is 0 Å². The molecule has 3 atom stereocenters. The summed E-state index contributed by atoms with van der Waals surface area (Å²) in [6.07, 6.45) is 15.8. The summed E-state index contributed by atoms with van der Waals surface area (Å²) in [4.78, 5) is 23.8. The molecule has 0 radical (unpaired) electrons. The average molecular weight is 499 g/mol. The molecule has 0 aliphatic heterocycles. The molecule has 3 unspecified atom stereocenters. The molecule has 7 nitrogen and oxygen atoms in total. The van der Waals surface area contributed by atoms with Crippen molar-refractivity contribution in [1.82, 2.24) is 4.90 Å². The van der Waals surface area contributed by atoms with E-state index in [0.29, 0.717) is 19.6 Å². The van der Waals surface area contributed by atoms with Gasteiger partial charge in [0.05, 0.1) is 0 Å². The van der Waals surface area contributed by atoms with Crippen LogP contribution in [0.5, 0.6) is 0 Å². The van der Waals surface area contributed by atoms with E-state index >= 15 is 0 Å². The lowest BCUT2D eigenvalue weighted by atomic mass is 10.0. The molecular weight excluding hydrogens is 448 g/mol. The standard InChI is InChI=1S/C23H50NO6P2/c1-4-5-6-7-8-9-10-11-12-13-14-15-16-17-23(26)28-20-22(25)21-30-32(27,31)29-19-18-24(2)3/h22,25,27H,4-21,31H2,1-3H3/q+1. The molecule has 0 saturated heterocycles. The zero-order valence-electron chi connectivity index (χ0n) is 20.8. The number of carbonyl (C=O) groups excluding carboxylic acids is 1. The molecule has 0 aromatic carbocycles. The fourth-order valence-corrected chi connectivity index (χ4v) is 4.56. The monoisotopic (exact) mass is 498 g/mol. The van der Waals surface area contributed by atoms with Crippen LogP contribution in [-0.2, 0) is 18.6 Å². The Bertz CT molecular complexity index is 441. The molecule has 2 N–H and O–H groups in total. The first-order valence-electron chi connectivity index (χ1n) is 12.4. The Morgan fingerprint density at radius 3 is 1.88 bits per heavy atom. The Morgan fingerprint density at radius 1 is 0.875 bits per heavy atom. The number of hydrogen-bond donors (Lipinski definition) is 2. The normalized spacial score (nSPS) is 14.5. The molecule has 9 heteroatoms. The highest BCUT2D eigenvalue weighted by Gasteiger charge is 2.35. The summed E-state index contributed by atoms with van der Waals surface area (Å²) in [6, 6.07) is 0. The first-order chi connectivity index (χ1) is 15.3. The molecule has 0 bridgehead atoms. The van der Waals surface area contributed by atoms with Crippen molar-refractivity contribution in [3.05, 3.63) is 0 Å². The van der Waals surface area contributed by atoms with Gasteiger partial charge in [0, 0.05) is 13.0 Å². The van der Waals surface area contributed by atoms with Gasteiger partial charge in [0.25, 0.3) is 0 Å². The van der Waals surface area contributed by atoms with Gasteiger partial charge in [-0.05, 0) is 20.5 Å². The maximum absolute atomic E-state index is 11.8. The highest BCUT2D eigenvalue weighted by molar-refractivity contribution is 8.16. The molecule has 192 valence electrons. The van der Waals surface area contributed by atoms with Crippen molar-refractivity contribution in [1.29, 1.82) is 0 Å². The minimum atomic E-state index is -3.05. The topological polar surface area (TPSA) is 88.5 Å². The summed E-state index contributed by atoms with van der Waals surface area (Å²) in [5.74, 6) is -0.301. The summed E-state index contributed by atoms with van der Waals surface area (Å²) in [5.41, 5.74) is 0. The number of nitrogens with zero attached hydrogens (tertiary/aromatic N) is 1. The average Bonchev–Trinajstić information content (AvgIpc) is 2.73. The van der Waals surface area contributed by atoms with Crippen LogP contribution in [0.4, 0.5) is 0 Å². The predicted molar refractivity (Wildman–Crippen MR) is 137 cm³/mol. The third-order valence-electron chi connectivity index (χ3n) is 5.19. The zero-order chi connectivity index (χ0) is 24.1. The van der Waals surface area contributed by atoms with Crippen molar-refractivity contribution in [3.8, 4) is 0 Å². The number of likely N-dealkylation sites (N-methyl/N-ethyl adjacent to an activating group) is 1. The number of ether oxygens (including phenoxy) is 1. The number of rotatable bonds is 23. The Balaban J connectivity index is 3.51. The third-order valence-corrected chi connectivity index (χ3v) is 7.15. The molecule has 0 rings (SSSR count). The van der Waals surface area contributed by atoms with Crippen molar-refractivity contribution in [2.45, 2.75) is 103 Å².